The molecule has 0 bridgehead atoms. The minimum absolute atomic E-state index is 0.528. The zero-order chi connectivity index (χ0) is 14.9. The highest BCUT2D eigenvalue weighted by molar-refractivity contribution is 9.10. The lowest BCUT2D eigenvalue weighted by Crippen LogP contribution is -2.43. The van der Waals surface area contributed by atoms with Gasteiger partial charge < -0.3 is 5.32 Å². The van der Waals surface area contributed by atoms with Crippen molar-refractivity contribution in [3.05, 3.63) is 34.3 Å². The molecule has 0 aromatic heterocycles. The molecule has 2 unspecified atom stereocenters. The van der Waals surface area contributed by atoms with Gasteiger partial charge in [-0.1, -0.05) is 48.3 Å². The normalized spacial score (nSPS) is 32.8. The smallest absolute Gasteiger partial charge is 0.0178 e. The summed E-state index contributed by atoms with van der Waals surface area (Å²) >= 11 is 3.65. The van der Waals surface area contributed by atoms with Gasteiger partial charge in [0.1, 0.15) is 0 Å². The minimum atomic E-state index is 0.528. The maximum atomic E-state index is 3.65. The highest BCUT2D eigenvalue weighted by Gasteiger charge is 2.43. The third kappa shape index (κ3) is 3.37. The van der Waals surface area contributed by atoms with Crippen molar-refractivity contribution >= 4 is 15.9 Å². The second-order valence-corrected chi connectivity index (χ2v) is 8.86. The van der Waals surface area contributed by atoms with Crippen LogP contribution in [0.15, 0.2) is 28.7 Å². The molecule has 116 valence electrons. The maximum absolute atomic E-state index is 3.65. The molecule has 1 aliphatic heterocycles. The van der Waals surface area contributed by atoms with Gasteiger partial charge in [-0.15, -0.1) is 0 Å². The van der Waals surface area contributed by atoms with Gasteiger partial charge in [0, 0.05) is 16.9 Å². The molecule has 1 heterocycles. The Balaban J connectivity index is 1.90. The molecule has 2 aliphatic rings. The van der Waals surface area contributed by atoms with Crippen LogP contribution >= 0.6 is 15.9 Å². The van der Waals surface area contributed by atoms with Crippen molar-refractivity contribution in [1.29, 1.82) is 0 Å². The number of nitrogens with one attached hydrogen (secondary N) is 1. The molecule has 1 saturated carbocycles. The molecule has 0 amide bonds. The van der Waals surface area contributed by atoms with Gasteiger partial charge >= 0.3 is 0 Å². The second-order valence-electron chi connectivity index (χ2n) is 7.94. The number of hydrogen-bond acceptors (Lipinski definition) is 1. The number of piperidine rings is 1. The summed E-state index contributed by atoms with van der Waals surface area (Å²) in [5.41, 5.74) is 2.59. The van der Waals surface area contributed by atoms with Crippen LogP contribution < -0.4 is 5.32 Å². The average molecular weight is 350 g/mol. The molecule has 1 saturated heterocycles. The second kappa shape index (κ2) is 6.04. The highest BCUT2D eigenvalue weighted by Crippen LogP contribution is 2.53. The zero-order valence-electron chi connectivity index (χ0n) is 13.4. The molecule has 0 radical (unpaired) electrons. The first-order valence-electron chi connectivity index (χ1n) is 8.47. The fourth-order valence-electron chi connectivity index (χ4n) is 4.52. The van der Waals surface area contributed by atoms with Crippen LogP contribution in [0.4, 0.5) is 0 Å². The molecule has 1 aromatic rings. The van der Waals surface area contributed by atoms with E-state index in [4.69, 9.17) is 0 Å². The van der Waals surface area contributed by atoms with Gasteiger partial charge in [-0.25, -0.2) is 0 Å². The van der Waals surface area contributed by atoms with Gasteiger partial charge in [0.05, 0.1) is 0 Å². The van der Waals surface area contributed by atoms with E-state index in [9.17, 15) is 0 Å². The predicted octanol–water partition coefficient (Wildman–Crippen LogP) is 5.50. The number of benzene rings is 1. The van der Waals surface area contributed by atoms with Crippen LogP contribution in [0.5, 0.6) is 0 Å². The van der Waals surface area contributed by atoms with E-state index in [0.717, 1.165) is 6.54 Å². The van der Waals surface area contributed by atoms with Crippen LogP contribution in [0.25, 0.3) is 0 Å². The molecule has 1 aliphatic carbocycles. The number of halogens is 1. The summed E-state index contributed by atoms with van der Waals surface area (Å²) in [7, 11) is 0. The van der Waals surface area contributed by atoms with E-state index in [2.05, 4.69) is 59.4 Å². The van der Waals surface area contributed by atoms with Crippen LogP contribution in [0.3, 0.4) is 0 Å². The largest absolute Gasteiger partial charge is 0.316 e. The Bertz CT molecular complexity index is 496. The molecule has 3 rings (SSSR count). The lowest BCUT2D eigenvalue weighted by molar-refractivity contribution is 0.131. The summed E-state index contributed by atoms with van der Waals surface area (Å²) in [6.45, 7) is 7.27. The van der Waals surface area contributed by atoms with E-state index in [0.29, 0.717) is 16.7 Å². The monoisotopic (exact) mass is 349 g/mol. The van der Waals surface area contributed by atoms with Crippen molar-refractivity contribution in [2.45, 2.75) is 58.3 Å². The predicted molar refractivity (Wildman–Crippen MR) is 93.7 cm³/mol. The quantitative estimate of drug-likeness (QED) is 0.705. The first kappa shape index (κ1) is 15.6. The lowest BCUT2D eigenvalue weighted by atomic mass is 9.63. The van der Waals surface area contributed by atoms with E-state index >= 15 is 0 Å². The van der Waals surface area contributed by atoms with Gasteiger partial charge in [0.15, 0.2) is 0 Å². The maximum Gasteiger partial charge on any atom is 0.0178 e. The van der Waals surface area contributed by atoms with Crippen molar-refractivity contribution in [2.75, 3.05) is 13.1 Å². The SMILES string of the molecule is CC1(C)CCCC2(CCNCC2c2cccc(Br)c2)CC1. The van der Waals surface area contributed by atoms with Gasteiger partial charge in [-0.2, -0.15) is 0 Å². The standard InChI is InChI=1S/C19H28BrN/c1-18(2)7-4-8-19(10-9-18)11-12-21-14-17(19)15-5-3-6-16(20)13-15/h3,5-6,13,17,21H,4,7-12,14H2,1-2H3. The van der Waals surface area contributed by atoms with Crippen molar-refractivity contribution in [2.24, 2.45) is 10.8 Å². The van der Waals surface area contributed by atoms with E-state index in [1.54, 1.807) is 0 Å². The summed E-state index contributed by atoms with van der Waals surface area (Å²) in [6.07, 6.45) is 8.34. The fraction of sp³-hybridized carbons (Fsp3) is 0.684. The van der Waals surface area contributed by atoms with E-state index in [-0.39, 0.29) is 0 Å². The Kier molecular flexibility index (Phi) is 4.47. The Labute approximate surface area is 138 Å². The van der Waals surface area contributed by atoms with Gasteiger partial charge in [0.25, 0.3) is 0 Å². The molecule has 2 heteroatoms. The van der Waals surface area contributed by atoms with Crippen LogP contribution in [-0.2, 0) is 0 Å². The molecular weight excluding hydrogens is 322 g/mol. The molecule has 2 fully saturated rings. The van der Waals surface area contributed by atoms with E-state index in [1.165, 1.54) is 55.1 Å². The van der Waals surface area contributed by atoms with Crippen molar-refractivity contribution in [3.63, 3.8) is 0 Å². The van der Waals surface area contributed by atoms with Gasteiger partial charge in [-0.3, -0.25) is 0 Å². The first-order chi connectivity index (χ1) is 10.0. The van der Waals surface area contributed by atoms with Crippen LogP contribution in [0, 0.1) is 10.8 Å². The molecule has 21 heavy (non-hydrogen) atoms. The number of rotatable bonds is 1. The third-order valence-electron chi connectivity index (χ3n) is 5.97. The van der Waals surface area contributed by atoms with Crippen molar-refractivity contribution in [1.82, 2.24) is 5.32 Å². The third-order valence-corrected chi connectivity index (χ3v) is 6.46. The molecular formula is C19H28BrN. The first-order valence-corrected chi connectivity index (χ1v) is 9.26. The van der Waals surface area contributed by atoms with Crippen LogP contribution in [0.2, 0.25) is 0 Å². The van der Waals surface area contributed by atoms with Gasteiger partial charge in [-0.05, 0) is 67.2 Å². The van der Waals surface area contributed by atoms with E-state index < -0.39 is 0 Å². The van der Waals surface area contributed by atoms with Crippen LogP contribution in [-0.4, -0.2) is 13.1 Å². The molecule has 1 nitrogen and oxygen atoms in total. The highest BCUT2D eigenvalue weighted by atomic mass is 79.9. The average Bonchev–Trinajstić information content (AvgIpc) is 2.59. The summed E-state index contributed by atoms with van der Waals surface area (Å²) in [6, 6.07) is 9.01. The fourth-order valence-corrected chi connectivity index (χ4v) is 4.94. The Hall–Kier alpha value is -0.340. The Morgan fingerprint density at radius 1 is 1.10 bits per heavy atom. The Morgan fingerprint density at radius 2 is 1.95 bits per heavy atom. The summed E-state index contributed by atoms with van der Waals surface area (Å²) < 4.78 is 1.22. The zero-order valence-corrected chi connectivity index (χ0v) is 15.0. The van der Waals surface area contributed by atoms with Gasteiger partial charge in [0.2, 0.25) is 0 Å². The van der Waals surface area contributed by atoms with Crippen LogP contribution in [0.1, 0.15) is 63.9 Å². The number of hydrogen-bond donors (Lipinski definition) is 1. The van der Waals surface area contributed by atoms with Crippen molar-refractivity contribution in [3.8, 4) is 0 Å². The Morgan fingerprint density at radius 3 is 2.76 bits per heavy atom. The molecule has 1 aromatic carbocycles. The topological polar surface area (TPSA) is 12.0 Å². The van der Waals surface area contributed by atoms with E-state index in [1.807, 2.05) is 0 Å². The summed E-state index contributed by atoms with van der Waals surface area (Å²) in [5, 5.41) is 3.65. The molecule has 1 N–H and O–H groups in total. The minimum Gasteiger partial charge on any atom is -0.316 e. The lowest BCUT2D eigenvalue weighted by Gasteiger charge is -2.45. The molecule has 2 atom stereocenters. The van der Waals surface area contributed by atoms with Crippen molar-refractivity contribution < 1.29 is 0 Å². The summed E-state index contributed by atoms with van der Waals surface area (Å²) in [4.78, 5) is 0. The summed E-state index contributed by atoms with van der Waals surface area (Å²) in [5.74, 6) is 0.678. The molecule has 1 spiro atoms.